The maximum atomic E-state index is 12.1. The third-order valence-electron chi connectivity index (χ3n) is 3.54. The standard InChI is InChI=1S/C16H14N2O4/c19-14-12-6-2-3-7-13(12)15(20)18(14)9-5-1-4-8-17-10-11-22-16(17)21/h2-3,6-7H,1,5,9-11H2. The van der Waals surface area contributed by atoms with Gasteiger partial charge >= 0.3 is 6.09 Å². The lowest BCUT2D eigenvalue weighted by Crippen LogP contribution is -2.30. The lowest BCUT2D eigenvalue weighted by molar-refractivity contribution is 0.0653. The fourth-order valence-electron chi connectivity index (χ4n) is 2.41. The first-order valence-electron chi connectivity index (χ1n) is 7.06. The van der Waals surface area contributed by atoms with E-state index in [0.717, 1.165) is 0 Å². The fraction of sp³-hybridized carbons (Fsp3) is 0.312. The Morgan fingerprint density at radius 2 is 1.77 bits per heavy atom. The number of hydrogen-bond donors (Lipinski definition) is 0. The topological polar surface area (TPSA) is 66.9 Å². The first kappa shape index (κ1) is 14.1. The quantitative estimate of drug-likeness (QED) is 0.481. The van der Waals surface area contributed by atoms with Crippen LogP contribution in [-0.2, 0) is 4.74 Å². The molecule has 2 aliphatic rings. The average Bonchev–Trinajstić information content (AvgIpc) is 3.04. The molecule has 2 heterocycles. The average molecular weight is 298 g/mol. The second kappa shape index (κ2) is 5.90. The molecule has 0 spiro atoms. The summed E-state index contributed by atoms with van der Waals surface area (Å²) in [5, 5.41) is 0. The number of nitrogens with zero attached hydrogens (tertiary/aromatic N) is 2. The molecule has 0 aromatic heterocycles. The third kappa shape index (κ3) is 2.53. The summed E-state index contributed by atoms with van der Waals surface area (Å²) in [7, 11) is 0. The molecular formula is C16H14N2O4. The van der Waals surface area contributed by atoms with Crippen molar-refractivity contribution < 1.29 is 19.1 Å². The van der Waals surface area contributed by atoms with Gasteiger partial charge in [-0.3, -0.25) is 14.5 Å². The van der Waals surface area contributed by atoms with Crippen molar-refractivity contribution in [2.24, 2.45) is 0 Å². The van der Waals surface area contributed by atoms with Crippen molar-refractivity contribution >= 4 is 17.9 Å². The van der Waals surface area contributed by atoms with Crippen LogP contribution in [0.5, 0.6) is 0 Å². The number of carbonyl (C=O) groups excluding carboxylic acids is 3. The minimum atomic E-state index is -0.423. The van der Waals surface area contributed by atoms with E-state index in [9.17, 15) is 14.4 Å². The van der Waals surface area contributed by atoms with Gasteiger partial charge in [0.1, 0.15) is 6.61 Å². The predicted octanol–water partition coefficient (Wildman–Crippen LogP) is 1.48. The predicted molar refractivity (Wildman–Crippen MR) is 76.9 cm³/mol. The van der Waals surface area contributed by atoms with Crippen LogP contribution in [0.25, 0.3) is 0 Å². The monoisotopic (exact) mass is 298 g/mol. The molecule has 2 aliphatic heterocycles. The third-order valence-corrected chi connectivity index (χ3v) is 3.54. The van der Waals surface area contributed by atoms with Crippen molar-refractivity contribution in [2.45, 2.75) is 12.8 Å². The Morgan fingerprint density at radius 1 is 1.09 bits per heavy atom. The summed E-state index contributed by atoms with van der Waals surface area (Å²) in [6, 6.07) is 9.53. The molecule has 1 saturated heterocycles. The Kier molecular flexibility index (Phi) is 3.79. The zero-order valence-corrected chi connectivity index (χ0v) is 11.9. The molecule has 6 heteroatoms. The molecule has 0 unspecified atom stereocenters. The van der Waals surface area contributed by atoms with Gasteiger partial charge in [-0.15, -0.1) is 0 Å². The number of cyclic esters (lactones) is 1. The lowest BCUT2D eigenvalue weighted by Gasteiger charge is -2.12. The molecule has 6 nitrogen and oxygen atoms in total. The lowest BCUT2D eigenvalue weighted by atomic mass is 10.1. The molecule has 1 fully saturated rings. The van der Waals surface area contributed by atoms with Crippen molar-refractivity contribution in [3.63, 3.8) is 0 Å². The van der Waals surface area contributed by atoms with Crippen molar-refractivity contribution in [3.8, 4) is 12.0 Å². The van der Waals surface area contributed by atoms with Gasteiger partial charge in [0.05, 0.1) is 17.7 Å². The highest BCUT2D eigenvalue weighted by molar-refractivity contribution is 6.21. The Morgan fingerprint density at radius 3 is 2.36 bits per heavy atom. The van der Waals surface area contributed by atoms with Crippen LogP contribution in [0.2, 0.25) is 0 Å². The highest BCUT2D eigenvalue weighted by Crippen LogP contribution is 2.22. The molecule has 22 heavy (non-hydrogen) atoms. The second-order valence-electron chi connectivity index (χ2n) is 4.97. The van der Waals surface area contributed by atoms with Crippen molar-refractivity contribution in [2.75, 3.05) is 19.7 Å². The number of fused-ring (bicyclic) bond motifs is 1. The smallest absolute Gasteiger partial charge is 0.421 e. The van der Waals surface area contributed by atoms with Crippen LogP contribution in [0.15, 0.2) is 24.3 Å². The van der Waals surface area contributed by atoms with Gasteiger partial charge < -0.3 is 4.74 Å². The molecule has 1 aromatic carbocycles. The summed E-state index contributed by atoms with van der Waals surface area (Å²) < 4.78 is 4.75. The number of unbranched alkanes of at least 4 members (excludes halogenated alkanes) is 1. The number of benzene rings is 1. The maximum Gasteiger partial charge on any atom is 0.421 e. The summed E-state index contributed by atoms with van der Waals surface area (Å²) in [4.78, 5) is 38.0. The number of rotatable bonds is 3. The largest absolute Gasteiger partial charge is 0.447 e. The molecule has 0 radical (unpaired) electrons. The molecule has 3 rings (SSSR count). The summed E-state index contributed by atoms with van der Waals surface area (Å²) in [6.07, 6.45) is 0.645. The normalized spacial score (nSPS) is 16.5. The summed E-state index contributed by atoms with van der Waals surface area (Å²) >= 11 is 0. The molecule has 0 bridgehead atoms. The molecule has 112 valence electrons. The van der Waals surface area contributed by atoms with E-state index in [1.807, 2.05) is 0 Å². The van der Waals surface area contributed by atoms with Crippen molar-refractivity contribution in [3.05, 3.63) is 35.4 Å². The van der Waals surface area contributed by atoms with Crippen LogP contribution >= 0.6 is 0 Å². The van der Waals surface area contributed by atoms with Crippen LogP contribution in [0, 0.1) is 12.0 Å². The van der Waals surface area contributed by atoms with E-state index in [1.165, 1.54) is 9.80 Å². The molecule has 0 N–H and O–H groups in total. The molecular weight excluding hydrogens is 284 g/mol. The Balaban J connectivity index is 1.53. The Labute approximate surface area is 127 Å². The minimum absolute atomic E-state index is 0.253. The van der Waals surface area contributed by atoms with Crippen molar-refractivity contribution in [1.82, 2.24) is 9.80 Å². The van der Waals surface area contributed by atoms with E-state index in [1.54, 1.807) is 24.3 Å². The first-order valence-corrected chi connectivity index (χ1v) is 7.06. The molecule has 1 aromatic rings. The van der Waals surface area contributed by atoms with E-state index in [2.05, 4.69) is 12.0 Å². The van der Waals surface area contributed by atoms with E-state index in [-0.39, 0.29) is 11.8 Å². The van der Waals surface area contributed by atoms with Gasteiger partial charge in [0.15, 0.2) is 0 Å². The number of hydrogen-bond acceptors (Lipinski definition) is 4. The van der Waals surface area contributed by atoms with E-state index >= 15 is 0 Å². The van der Waals surface area contributed by atoms with E-state index in [0.29, 0.717) is 43.7 Å². The SMILES string of the molecule is O=C1OCCN1C#CCCCN1C(=O)c2ccccc2C1=O. The number of carbonyl (C=O) groups is 3. The number of ether oxygens (including phenoxy) is 1. The summed E-state index contributed by atoms with van der Waals surface area (Å²) in [5.41, 5.74) is 0.914. The minimum Gasteiger partial charge on any atom is -0.447 e. The van der Waals surface area contributed by atoms with Crippen LogP contribution in [0.4, 0.5) is 4.79 Å². The van der Waals surface area contributed by atoms with Gasteiger partial charge in [0, 0.05) is 19.0 Å². The van der Waals surface area contributed by atoms with Crippen LogP contribution in [-0.4, -0.2) is 47.4 Å². The zero-order valence-electron chi connectivity index (χ0n) is 11.9. The van der Waals surface area contributed by atoms with Gasteiger partial charge in [-0.25, -0.2) is 9.69 Å². The molecule has 0 saturated carbocycles. The Hall–Kier alpha value is -2.81. The summed E-state index contributed by atoms with van der Waals surface area (Å²) in [6.45, 7) is 1.16. The highest BCUT2D eigenvalue weighted by atomic mass is 16.6. The fourth-order valence-corrected chi connectivity index (χ4v) is 2.41. The van der Waals surface area contributed by atoms with Gasteiger partial charge in [0.2, 0.25) is 0 Å². The molecule has 3 amide bonds. The number of imide groups is 1. The first-order chi connectivity index (χ1) is 10.7. The van der Waals surface area contributed by atoms with Crippen LogP contribution in [0.1, 0.15) is 33.6 Å². The molecule has 0 aliphatic carbocycles. The van der Waals surface area contributed by atoms with Gasteiger partial charge in [-0.2, -0.15) is 0 Å². The van der Waals surface area contributed by atoms with Crippen LogP contribution in [0.3, 0.4) is 0 Å². The van der Waals surface area contributed by atoms with Crippen LogP contribution < -0.4 is 0 Å². The Bertz CT molecular complexity index is 667. The highest BCUT2D eigenvalue weighted by Gasteiger charge is 2.34. The van der Waals surface area contributed by atoms with Gasteiger partial charge in [0.25, 0.3) is 11.8 Å². The zero-order chi connectivity index (χ0) is 15.5. The molecule has 0 atom stereocenters. The van der Waals surface area contributed by atoms with Gasteiger partial charge in [-0.05, 0) is 18.6 Å². The summed E-state index contributed by atoms with van der Waals surface area (Å²) in [5.74, 6) is 2.35. The van der Waals surface area contributed by atoms with Gasteiger partial charge in [-0.1, -0.05) is 18.1 Å². The van der Waals surface area contributed by atoms with E-state index < -0.39 is 6.09 Å². The van der Waals surface area contributed by atoms with Crippen molar-refractivity contribution in [1.29, 1.82) is 0 Å². The maximum absolute atomic E-state index is 12.1. The van der Waals surface area contributed by atoms with E-state index in [4.69, 9.17) is 4.74 Å². The number of amides is 3. The second-order valence-corrected chi connectivity index (χ2v) is 4.97.